The molecule has 0 bridgehead atoms. The lowest BCUT2D eigenvalue weighted by atomic mass is 9.76. The first kappa shape index (κ1) is 21.0. The molecule has 1 aromatic carbocycles. The van der Waals surface area contributed by atoms with Crippen LogP contribution in [0.4, 0.5) is 0 Å². The van der Waals surface area contributed by atoms with Crippen LogP contribution in [-0.2, 0) is 19.5 Å². The normalized spacial score (nSPS) is 20.6. The number of aromatic nitrogens is 3. The summed E-state index contributed by atoms with van der Waals surface area (Å²) in [6.45, 7) is 5.02. The highest BCUT2D eigenvalue weighted by molar-refractivity contribution is 5.92. The van der Waals surface area contributed by atoms with E-state index in [1.807, 2.05) is 0 Å². The first-order valence-corrected chi connectivity index (χ1v) is 12.7. The number of benzene rings is 1. The van der Waals surface area contributed by atoms with Gasteiger partial charge in [0.05, 0.1) is 12.2 Å². The summed E-state index contributed by atoms with van der Waals surface area (Å²) in [5, 5.41) is 1.27. The van der Waals surface area contributed by atoms with Crippen molar-refractivity contribution in [3.63, 3.8) is 0 Å². The molecule has 0 radical (unpaired) electrons. The summed E-state index contributed by atoms with van der Waals surface area (Å²) in [6, 6.07) is 9.16. The Hall–Kier alpha value is -2.60. The highest BCUT2D eigenvalue weighted by Crippen LogP contribution is 2.62. The van der Waals surface area contributed by atoms with Gasteiger partial charge in [0.15, 0.2) is 0 Å². The number of hydrogen-bond acceptors (Lipinski definition) is 3. The molecule has 1 amide bonds. The lowest BCUT2D eigenvalue weighted by molar-refractivity contribution is 0.0423. The van der Waals surface area contributed by atoms with Gasteiger partial charge in [-0.15, -0.1) is 0 Å². The van der Waals surface area contributed by atoms with Crippen LogP contribution in [0, 0.1) is 5.41 Å². The number of nitrogens with zero attached hydrogens (tertiary/aromatic N) is 3. The van der Waals surface area contributed by atoms with Crippen LogP contribution >= 0.6 is 0 Å². The van der Waals surface area contributed by atoms with Gasteiger partial charge in [-0.25, -0.2) is 4.98 Å². The molecule has 3 aliphatic rings. The topological polar surface area (TPSA) is 79.9 Å². The number of fused-ring (bicyclic) bond motifs is 2. The number of para-hydroxylation sites is 1. The monoisotopic (exact) mass is 445 g/mol. The number of nitrogens with one attached hydrogen (secondary N) is 1. The van der Waals surface area contributed by atoms with Crippen LogP contribution in [0.3, 0.4) is 0 Å². The summed E-state index contributed by atoms with van der Waals surface area (Å²) in [5.74, 6) is 0.875. The maximum atomic E-state index is 12.5. The maximum Gasteiger partial charge on any atom is 0.269 e. The molecule has 3 N–H and O–H groups in total. The van der Waals surface area contributed by atoms with Crippen LogP contribution in [0.2, 0.25) is 0 Å². The summed E-state index contributed by atoms with van der Waals surface area (Å²) in [6.07, 6.45) is 11.9. The second-order valence-corrected chi connectivity index (χ2v) is 10.7. The minimum Gasteiger partial charge on any atom is -0.364 e. The third kappa shape index (κ3) is 3.68. The number of rotatable bonds is 8. The van der Waals surface area contributed by atoms with Crippen molar-refractivity contribution in [2.75, 3.05) is 6.54 Å². The summed E-state index contributed by atoms with van der Waals surface area (Å²) in [5.41, 5.74) is 10.6. The average Bonchev–Trinajstić information content (AvgIpc) is 3.37. The summed E-state index contributed by atoms with van der Waals surface area (Å²) < 4.78 is 2.34. The molecule has 33 heavy (non-hydrogen) atoms. The van der Waals surface area contributed by atoms with Gasteiger partial charge in [0, 0.05) is 42.1 Å². The van der Waals surface area contributed by atoms with Gasteiger partial charge in [-0.1, -0.05) is 38.0 Å². The number of amides is 1. The van der Waals surface area contributed by atoms with E-state index >= 15 is 0 Å². The van der Waals surface area contributed by atoms with E-state index in [2.05, 4.69) is 51.8 Å². The van der Waals surface area contributed by atoms with Crippen LogP contribution in [0.5, 0.6) is 0 Å². The molecule has 2 aliphatic carbocycles. The standard InChI is InChI=1S/C27H35N5O/c1-2-3-6-18(13-19-16-29-22-8-5-4-7-21(19)22)25-24(26(28)33)30-23-17-31(11-12-32(23)25)20-14-27(15-20)9-10-27/h4-5,7-8,16,18,20,29H,2-3,6,9-15,17H2,1H3,(H2,28,33). The van der Waals surface area contributed by atoms with E-state index in [9.17, 15) is 4.79 Å². The second-order valence-electron chi connectivity index (χ2n) is 10.7. The molecule has 2 saturated carbocycles. The van der Waals surface area contributed by atoms with E-state index in [1.54, 1.807) is 0 Å². The van der Waals surface area contributed by atoms with Crippen LogP contribution in [0.15, 0.2) is 30.5 Å². The average molecular weight is 446 g/mol. The van der Waals surface area contributed by atoms with Crippen molar-refractivity contribution >= 4 is 16.8 Å². The van der Waals surface area contributed by atoms with Crippen molar-refractivity contribution in [2.24, 2.45) is 11.1 Å². The number of aromatic amines is 1. The molecular formula is C27H35N5O. The lowest BCUT2D eigenvalue weighted by Crippen LogP contribution is -2.48. The molecule has 6 nitrogen and oxygen atoms in total. The van der Waals surface area contributed by atoms with Crippen molar-refractivity contribution in [3.05, 3.63) is 53.2 Å². The predicted molar refractivity (Wildman–Crippen MR) is 130 cm³/mol. The quantitative estimate of drug-likeness (QED) is 0.526. The second kappa shape index (κ2) is 8.01. The molecule has 1 unspecified atom stereocenters. The van der Waals surface area contributed by atoms with Gasteiger partial charge in [-0.05, 0) is 55.6 Å². The number of primary amides is 1. The molecule has 6 heteroatoms. The molecule has 2 fully saturated rings. The SMILES string of the molecule is CCCCC(Cc1c[nH]c2ccccc12)c1c(C(N)=O)nc2n1CCN(C1CC3(CC3)C1)C2. The zero-order chi connectivity index (χ0) is 22.6. The lowest BCUT2D eigenvalue weighted by Gasteiger charge is -2.45. The van der Waals surface area contributed by atoms with E-state index in [1.165, 1.54) is 36.6 Å². The van der Waals surface area contributed by atoms with E-state index in [0.717, 1.165) is 62.4 Å². The number of H-pyrrole nitrogens is 1. The zero-order valence-corrected chi connectivity index (χ0v) is 19.6. The number of carbonyl (C=O) groups is 1. The Bertz CT molecular complexity index is 1180. The van der Waals surface area contributed by atoms with Crippen molar-refractivity contribution < 1.29 is 4.79 Å². The van der Waals surface area contributed by atoms with Gasteiger partial charge in [-0.2, -0.15) is 0 Å². The zero-order valence-electron chi connectivity index (χ0n) is 19.6. The predicted octanol–water partition coefficient (Wildman–Crippen LogP) is 4.74. The minimum atomic E-state index is -0.389. The molecule has 0 saturated heterocycles. The van der Waals surface area contributed by atoms with Gasteiger partial charge in [0.1, 0.15) is 11.5 Å². The molecular weight excluding hydrogens is 410 g/mol. The molecule has 2 aromatic heterocycles. The Kier molecular flexibility index (Phi) is 5.09. The Morgan fingerprint density at radius 3 is 2.85 bits per heavy atom. The van der Waals surface area contributed by atoms with Crippen molar-refractivity contribution in [3.8, 4) is 0 Å². The van der Waals surface area contributed by atoms with Crippen LogP contribution in [0.1, 0.15) is 85.4 Å². The van der Waals surface area contributed by atoms with Gasteiger partial charge in [0.2, 0.25) is 0 Å². The van der Waals surface area contributed by atoms with E-state index in [4.69, 9.17) is 10.7 Å². The number of carbonyl (C=O) groups excluding carboxylic acids is 1. The summed E-state index contributed by atoms with van der Waals surface area (Å²) >= 11 is 0. The Balaban J connectivity index is 1.32. The fourth-order valence-electron chi connectivity index (χ4n) is 6.41. The third-order valence-electron chi connectivity index (χ3n) is 8.52. The van der Waals surface area contributed by atoms with Crippen LogP contribution < -0.4 is 5.73 Å². The number of imidazole rings is 1. The molecule has 174 valence electrons. The van der Waals surface area contributed by atoms with Gasteiger partial charge < -0.3 is 15.3 Å². The Morgan fingerprint density at radius 2 is 2.09 bits per heavy atom. The Labute approximate surface area is 195 Å². The van der Waals surface area contributed by atoms with E-state index in [-0.39, 0.29) is 11.8 Å². The molecule has 3 heterocycles. The number of nitrogens with two attached hydrogens (primary N) is 1. The van der Waals surface area contributed by atoms with Crippen LogP contribution in [-0.4, -0.2) is 37.9 Å². The molecule has 3 aromatic rings. The number of unbranched alkanes of at least 4 members (excludes halogenated alkanes) is 1. The molecule has 6 rings (SSSR count). The summed E-state index contributed by atoms with van der Waals surface area (Å²) in [7, 11) is 0. The van der Waals surface area contributed by atoms with Gasteiger partial charge in [-0.3, -0.25) is 9.69 Å². The minimum absolute atomic E-state index is 0.234. The van der Waals surface area contributed by atoms with E-state index in [0.29, 0.717) is 17.2 Å². The molecule has 1 aliphatic heterocycles. The first-order valence-electron chi connectivity index (χ1n) is 12.7. The maximum absolute atomic E-state index is 12.5. The fraction of sp³-hybridized carbons (Fsp3) is 0.556. The van der Waals surface area contributed by atoms with Crippen molar-refractivity contribution in [2.45, 2.75) is 83.3 Å². The first-order chi connectivity index (χ1) is 16.1. The molecule has 1 atom stereocenters. The Morgan fingerprint density at radius 1 is 1.27 bits per heavy atom. The van der Waals surface area contributed by atoms with Gasteiger partial charge >= 0.3 is 0 Å². The van der Waals surface area contributed by atoms with Crippen molar-refractivity contribution in [1.29, 1.82) is 0 Å². The van der Waals surface area contributed by atoms with Crippen LogP contribution in [0.25, 0.3) is 10.9 Å². The van der Waals surface area contributed by atoms with E-state index < -0.39 is 0 Å². The number of hydrogen-bond donors (Lipinski definition) is 2. The third-order valence-corrected chi connectivity index (χ3v) is 8.52. The summed E-state index contributed by atoms with van der Waals surface area (Å²) in [4.78, 5) is 23.4. The molecule has 1 spiro atoms. The van der Waals surface area contributed by atoms with Gasteiger partial charge in [0.25, 0.3) is 5.91 Å². The van der Waals surface area contributed by atoms with Crippen molar-refractivity contribution in [1.82, 2.24) is 19.4 Å². The highest BCUT2D eigenvalue weighted by Gasteiger charge is 2.54. The largest absolute Gasteiger partial charge is 0.364 e. The highest BCUT2D eigenvalue weighted by atomic mass is 16.1. The smallest absolute Gasteiger partial charge is 0.269 e. The fourth-order valence-corrected chi connectivity index (χ4v) is 6.41.